The van der Waals surface area contributed by atoms with Crippen LogP contribution in [0.3, 0.4) is 0 Å². The molecule has 26 heavy (non-hydrogen) atoms. The molecule has 0 aromatic carbocycles. The molecule has 4 aromatic rings. The van der Waals surface area contributed by atoms with Crippen molar-refractivity contribution in [3.8, 4) is 5.88 Å². The van der Waals surface area contributed by atoms with Crippen LogP contribution in [0.4, 0.5) is 5.82 Å². The van der Waals surface area contributed by atoms with Gasteiger partial charge in [-0.25, -0.2) is 14.5 Å². The van der Waals surface area contributed by atoms with Crippen LogP contribution in [0.5, 0.6) is 5.88 Å². The van der Waals surface area contributed by atoms with Crippen LogP contribution >= 0.6 is 0 Å². The zero-order valence-electron chi connectivity index (χ0n) is 14.5. The molecule has 1 aliphatic rings. The number of aryl methyl sites for hydroxylation is 1. The molecular formula is C18H19N7O. The van der Waals surface area contributed by atoms with Gasteiger partial charge in [0.05, 0.1) is 12.8 Å². The van der Waals surface area contributed by atoms with Crippen molar-refractivity contribution in [1.29, 1.82) is 0 Å². The first kappa shape index (κ1) is 15.1. The number of ether oxygens (including phenoxy) is 1. The summed E-state index contributed by atoms with van der Waals surface area (Å²) in [6, 6.07) is 7.81. The van der Waals surface area contributed by atoms with E-state index in [0.717, 1.165) is 42.3 Å². The maximum atomic E-state index is 5.93. The molecule has 0 saturated carbocycles. The quantitative estimate of drug-likeness (QED) is 0.561. The van der Waals surface area contributed by atoms with Crippen LogP contribution in [0, 0.1) is 12.8 Å². The van der Waals surface area contributed by atoms with Gasteiger partial charge < -0.3 is 9.64 Å². The number of aromatic nitrogens is 6. The highest BCUT2D eigenvalue weighted by Crippen LogP contribution is 2.25. The van der Waals surface area contributed by atoms with E-state index in [-0.39, 0.29) is 0 Å². The summed E-state index contributed by atoms with van der Waals surface area (Å²) >= 11 is 0. The molecule has 5 heterocycles. The van der Waals surface area contributed by atoms with Crippen LogP contribution < -0.4 is 9.64 Å². The lowest BCUT2D eigenvalue weighted by Gasteiger charge is -2.20. The molecule has 8 heteroatoms. The van der Waals surface area contributed by atoms with E-state index in [0.29, 0.717) is 18.4 Å². The molecule has 0 aliphatic carbocycles. The second-order valence-corrected chi connectivity index (χ2v) is 6.67. The predicted molar refractivity (Wildman–Crippen MR) is 96.5 cm³/mol. The number of nitrogens with zero attached hydrogens (tertiary/aromatic N) is 7. The van der Waals surface area contributed by atoms with Gasteiger partial charge in [0.1, 0.15) is 5.82 Å². The fourth-order valence-electron chi connectivity index (χ4n) is 3.50. The first-order valence-electron chi connectivity index (χ1n) is 8.76. The Labute approximate surface area is 150 Å². The van der Waals surface area contributed by atoms with E-state index in [2.05, 4.69) is 31.1 Å². The van der Waals surface area contributed by atoms with Gasteiger partial charge in [-0.15, -0.1) is 5.10 Å². The van der Waals surface area contributed by atoms with Crippen molar-refractivity contribution < 1.29 is 4.74 Å². The second kappa shape index (κ2) is 5.98. The average molecular weight is 349 g/mol. The number of imidazole rings is 1. The summed E-state index contributed by atoms with van der Waals surface area (Å²) in [4.78, 5) is 11.1. The van der Waals surface area contributed by atoms with E-state index in [1.807, 2.05) is 35.8 Å². The summed E-state index contributed by atoms with van der Waals surface area (Å²) in [7, 11) is 0. The molecule has 0 radical (unpaired) electrons. The first-order valence-corrected chi connectivity index (χ1v) is 8.76. The van der Waals surface area contributed by atoms with Gasteiger partial charge in [0.15, 0.2) is 11.3 Å². The fraction of sp³-hybridized carbons (Fsp3) is 0.333. The highest BCUT2D eigenvalue weighted by Gasteiger charge is 2.25. The third-order valence-electron chi connectivity index (χ3n) is 4.78. The summed E-state index contributed by atoms with van der Waals surface area (Å²) < 4.78 is 9.56. The summed E-state index contributed by atoms with van der Waals surface area (Å²) in [6.45, 7) is 4.59. The highest BCUT2D eigenvalue weighted by molar-refractivity contribution is 5.51. The van der Waals surface area contributed by atoms with Crippen LogP contribution in [0.1, 0.15) is 12.1 Å². The molecule has 1 atom stereocenters. The van der Waals surface area contributed by atoms with E-state index in [4.69, 9.17) is 4.74 Å². The molecular weight excluding hydrogens is 330 g/mol. The number of hydrogen-bond donors (Lipinski definition) is 0. The monoisotopic (exact) mass is 349 g/mol. The van der Waals surface area contributed by atoms with Crippen molar-refractivity contribution in [2.24, 2.45) is 5.92 Å². The van der Waals surface area contributed by atoms with Crippen molar-refractivity contribution in [2.45, 2.75) is 13.3 Å². The molecule has 132 valence electrons. The topological polar surface area (TPSA) is 72.8 Å². The second-order valence-electron chi connectivity index (χ2n) is 6.67. The van der Waals surface area contributed by atoms with Gasteiger partial charge in [0.25, 0.3) is 0 Å². The summed E-state index contributed by atoms with van der Waals surface area (Å²) in [5, 5.41) is 8.82. The van der Waals surface area contributed by atoms with Gasteiger partial charge in [-0.2, -0.15) is 9.61 Å². The van der Waals surface area contributed by atoms with E-state index in [9.17, 15) is 0 Å². The third-order valence-corrected chi connectivity index (χ3v) is 4.78. The normalized spacial score (nSPS) is 17.4. The van der Waals surface area contributed by atoms with Crippen LogP contribution in [-0.2, 0) is 0 Å². The molecule has 8 nitrogen and oxygen atoms in total. The number of rotatable bonds is 4. The van der Waals surface area contributed by atoms with Crippen LogP contribution in [0.2, 0.25) is 0 Å². The van der Waals surface area contributed by atoms with Crippen molar-refractivity contribution in [3.05, 3.63) is 48.5 Å². The van der Waals surface area contributed by atoms with E-state index in [1.54, 1.807) is 16.9 Å². The van der Waals surface area contributed by atoms with Gasteiger partial charge in [0.2, 0.25) is 5.88 Å². The number of hydrogen-bond acceptors (Lipinski definition) is 6. The SMILES string of the molecule is Cc1cc(N2CCC(COc3ccc4nccn4n3)C2)n2nccc2n1. The molecule has 1 saturated heterocycles. The van der Waals surface area contributed by atoms with E-state index >= 15 is 0 Å². The van der Waals surface area contributed by atoms with Crippen molar-refractivity contribution in [2.75, 3.05) is 24.6 Å². The molecule has 1 unspecified atom stereocenters. The third kappa shape index (κ3) is 2.63. The Bertz CT molecular complexity index is 1070. The maximum Gasteiger partial charge on any atom is 0.231 e. The lowest BCUT2D eigenvalue weighted by atomic mass is 10.1. The minimum atomic E-state index is 0.453. The zero-order valence-corrected chi connectivity index (χ0v) is 14.5. The Morgan fingerprint density at radius 1 is 1.19 bits per heavy atom. The highest BCUT2D eigenvalue weighted by atomic mass is 16.5. The minimum absolute atomic E-state index is 0.453. The molecule has 0 N–H and O–H groups in total. The molecule has 0 bridgehead atoms. The Morgan fingerprint density at radius 2 is 2.15 bits per heavy atom. The van der Waals surface area contributed by atoms with Gasteiger partial charge in [-0.3, -0.25) is 0 Å². The van der Waals surface area contributed by atoms with Crippen LogP contribution in [-0.4, -0.2) is 48.9 Å². The van der Waals surface area contributed by atoms with E-state index in [1.165, 1.54) is 0 Å². The number of anilines is 1. The Balaban J connectivity index is 1.28. The molecule has 1 fully saturated rings. The first-order chi connectivity index (χ1) is 12.8. The number of fused-ring (bicyclic) bond motifs is 2. The largest absolute Gasteiger partial charge is 0.476 e. The van der Waals surface area contributed by atoms with Crippen molar-refractivity contribution in [1.82, 2.24) is 29.2 Å². The summed E-state index contributed by atoms with van der Waals surface area (Å²) in [5.74, 6) is 2.18. The standard InChI is InChI=1S/C18H19N7O/c1-13-10-18(25-16(21-13)4-6-20-25)23-8-5-14(11-23)12-26-17-3-2-15-19-7-9-24(15)22-17/h2-4,6-7,9-10,14H,5,8,11-12H2,1H3. The predicted octanol–water partition coefficient (Wildman–Crippen LogP) is 1.99. The minimum Gasteiger partial charge on any atom is -0.476 e. The van der Waals surface area contributed by atoms with Crippen molar-refractivity contribution in [3.63, 3.8) is 0 Å². The molecule has 0 spiro atoms. The molecule has 4 aromatic heterocycles. The lowest BCUT2D eigenvalue weighted by Crippen LogP contribution is -2.24. The smallest absolute Gasteiger partial charge is 0.231 e. The van der Waals surface area contributed by atoms with Gasteiger partial charge in [-0.1, -0.05) is 0 Å². The van der Waals surface area contributed by atoms with Gasteiger partial charge >= 0.3 is 0 Å². The van der Waals surface area contributed by atoms with Crippen LogP contribution in [0.15, 0.2) is 42.9 Å². The zero-order chi connectivity index (χ0) is 17.5. The Morgan fingerprint density at radius 3 is 3.12 bits per heavy atom. The molecule has 1 aliphatic heterocycles. The maximum absolute atomic E-state index is 5.93. The molecule has 0 amide bonds. The Kier molecular flexibility index (Phi) is 3.48. The Hall–Kier alpha value is -3.16. The molecule has 5 rings (SSSR count). The summed E-state index contributed by atoms with van der Waals surface area (Å²) in [6.07, 6.45) is 6.42. The lowest BCUT2D eigenvalue weighted by molar-refractivity contribution is 0.249. The average Bonchev–Trinajstić information content (AvgIpc) is 3.38. The fourth-order valence-corrected chi connectivity index (χ4v) is 3.50. The van der Waals surface area contributed by atoms with Gasteiger partial charge in [-0.05, 0) is 19.4 Å². The van der Waals surface area contributed by atoms with Gasteiger partial charge in [0, 0.05) is 55.3 Å². The van der Waals surface area contributed by atoms with Crippen molar-refractivity contribution >= 4 is 17.1 Å². The van der Waals surface area contributed by atoms with E-state index < -0.39 is 0 Å². The van der Waals surface area contributed by atoms with Crippen LogP contribution in [0.25, 0.3) is 11.3 Å². The summed E-state index contributed by atoms with van der Waals surface area (Å²) in [5.41, 5.74) is 2.71.